The quantitative estimate of drug-likeness (QED) is 0.454. The van der Waals surface area contributed by atoms with Gasteiger partial charge < -0.3 is 14.5 Å². The molecular weight excluding hydrogens is 270 g/mol. The van der Waals surface area contributed by atoms with Crippen LogP contribution in [0.4, 0.5) is 5.69 Å². The third kappa shape index (κ3) is 2.63. The number of pyridine rings is 1. The zero-order chi connectivity index (χ0) is 14.0. The fraction of sp³-hybridized carbons (Fsp3) is 0.417. The van der Waals surface area contributed by atoms with Gasteiger partial charge in [0.1, 0.15) is 5.50 Å². The molecule has 6 nitrogen and oxygen atoms in total. The molecule has 1 fully saturated rings. The number of alkyl halides is 1. The fourth-order valence-corrected chi connectivity index (χ4v) is 2.29. The second-order valence-corrected chi connectivity index (χ2v) is 4.70. The number of hydrogen-bond donors (Lipinski definition) is 0. The van der Waals surface area contributed by atoms with Gasteiger partial charge >= 0.3 is 5.97 Å². The monoisotopic (exact) mass is 283 g/mol. The summed E-state index contributed by atoms with van der Waals surface area (Å²) in [6.45, 7) is 0.496. The predicted octanol–water partition coefficient (Wildman–Crippen LogP) is 0.712. The summed E-state index contributed by atoms with van der Waals surface area (Å²) in [6.07, 6.45) is 1.50. The molecule has 1 unspecified atom stereocenters. The van der Waals surface area contributed by atoms with Gasteiger partial charge in [-0.2, -0.15) is 0 Å². The summed E-state index contributed by atoms with van der Waals surface area (Å²) in [5, 5.41) is 0. The Morgan fingerprint density at radius 1 is 1.58 bits per heavy atom. The zero-order valence-electron chi connectivity index (χ0n) is 10.7. The van der Waals surface area contributed by atoms with E-state index in [1.165, 1.54) is 13.3 Å². The van der Waals surface area contributed by atoms with Crippen LogP contribution in [0.1, 0.15) is 10.5 Å². The van der Waals surface area contributed by atoms with Crippen molar-refractivity contribution in [1.82, 2.24) is 9.88 Å². The SMILES string of the molecule is COC(=O)c1ncccc1N1CC(=O)N(C)CC1Cl. The van der Waals surface area contributed by atoms with Gasteiger partial charge in [0.15, 0.2) is 5.69 Å². The van der Waals surface area contributed by atoms with Gasteiger partial charge in [0.25, 0.3) is 0 Å². The topological polar surface area (TPSA) is 62.7 Å². The lowest BCUT2D eigenvalue weighted by molar-refractivity contribution is -0.129. The van der Waals surface area contributed by atoms with Gasteiger partial charge in [0.2, 0.25) is 5.91 Å². The third-order valence-electron chi connectivity index (χ3n) is 2.97. The van der Waals surface area contributed by atoms with E-state index in [9.17, 15) is 9.59 Å². The van der Waals surface area contributed by atoms with Gasteiger partial charge in [-0.1, -0.05) is 11.6 Å². The Hall–Kier alpha value is -1.82. The van der Waals surface area contributed by atoms with Crippen LogP contribution >= 0.6 is 11.6 Å². The Bertz CT molecular complexity index is 509. The van der Waals surface area contributed by atoms with Crippen molar-refractivity contribution >= 4 is 29.2 Å². The highest BCUT2D eigenvalue weighted by Crippen LogP contribution is 2.25. The summed E-state index contributed by atoms with van der Waals surface area (Å²) in [5.74, 6) is -0.609. The first-order valence-corrected chi connectivity index (χ1v) is 6.16. The average molecular weight is 284 g/mol. The normalized spacial score (nSPS) is 19.5. The summed E-state index contributed by atoms with van der Waals surface area (Å²) >= 11 is 6.25. The fourth-order valence-electron chi connectivity index (χ4n) is 1.91. The van der Waals surface area contributed by atoms with Crippen LogP contribution in [0, 0.1) is 0 Å². The molecular formula is C12H14ClN3O3. The van der Waals surface area contributed by atoms with Crippen LogP contribution < -0.4 is 4.90 Å². The largest absolute Gasteiger partial charge is 0.464 e. The number of piperazine rings is 1. The molecule has 7 heteroatoms. The van der Waals surface area contributed by atoms with Crippen molar-refractivity contribution in [2.75, 3.05) is 32.1 Å². The van der Waals surface area contributed by atoms with E-state index >= 15 is 0 Å². The second kappa shape index (κ2) is 5.44. The first-order valence-electron chi connectivity index (χ1n) is 5.72. The van der Waals surface area contributed by atoms with Crippen LogP contribution in [0.3, 0.4) is 0 Å². The molecule has 102 valence electrons. The van der Waals surface area contributed by atoms with Crippen molar-refractivity contribution in [2.45, 2.75) is 5.50 Å². The standard InChI is InChI=1S/C12H14ClN3O3/c1-15-6-9(13)16(7-10(15)17)8-4-3-5-14-11(8)12(18)19-2/h3-5,9H,6-7H2,1-2H3. The lowest BCUT2D eigenvalue weighted by Crippen LogP contribution is -2.53. The predicted molar refractivity (Wildman–Crippen MR) is 70.2 cm³/mol. The number of esters is 1. The van der Waals surface area contributed by atoms with E-state index in [1.54, 1.807) is 29.0 Å². The number of hydrogen-bond acceptors (Lipinski definition) is 5. The summed E-state index contributed by atoms with van der Waals surface area (Å²) in [4.78, 5) is 30.7. The van der Waals surface area contributed by atoms with Crippen LogP contribution in [-0.2, 0) is 9.53 Å². The highest BCUT2D eigenvalue weighted by atomic mass is 35.5. The lowest BCUT2D eigenvalue weighted by Gasteiger charge is -2.37. The molecule has 1 atom stereocenters. The average Bonchev–Trinajstić information content (AvgIpc) is 2.42. The van der Waals surface area contributed by atoms with Crippen LogP contribution in [0.5, 0.6) is 0 Å². The third-order valence-corrected chi connectivity index (χ3v) is 3.34. The molecule has 1 aliphatic rings. The minimum atomic E-state index is -0.550. The Labute approximate surface area is 115 Å². The van der Waals surface area contributed by atoms with E-state index in [1.807, 2.05) is 0 Å². The van der Waals surface area contributed by atoms with Gasteiger partial charge in [0, 0.05) is 13.2 Å². The molecule has 0 bridgehead atoms. The van der Waals surface area contributed by atoms with Gasteiger partial charge in [-0.3, -0.25) is 4.79 Å². The van der Waals surface area contributed by atoms with Crippen molar-refractivity contribution in [1.29, 1.82) is 0 Å². The molecule has 0 aliphatic carbocycles. The minimum Gasteiger partial charge on any atom is -0.464 e. The van der Waals surface area contributed by atoms with Crippen molar-refractivity contribution in [3.63, 3.8) is 0 Å². The maximum absolute atomic E-state index is 11.8. The molecule has 0 spiro atoms. The molecule has 0 aromatic carbocycles. The number of methoxy groups -OCH3 is 1. The number of rotatable bonds is 2. The van der Waals surface area contributed by atoms with Crippen LogP contribution in [-0.4, -0.2) is 54.5 Å². The lowest BCUT2D eigenvalue weighted by atomic mass is 10.2. The number of amides is 1. The number of halogens is 1. The molecule has 2 rings (SSSR count). The number of carbonyl (C=O) groups excluding carboxylic acids is 2. The highest BCUT2D eigenvalue weighted by molar-refractivity contribution is 6.23. The Balaban J connectivity index is 2.36. The maximum Gasteiger partial charge on any atom is 0.358 e. The van der Waals surface area contributed by atoms with Crippen molar-refractivity contribution in [3.05, 3.63) is 24.0 Å². The molecule has 0 N–H and O–H groups in total. The van der Waals surface area contributed by atoms with Gasteiger partial charge in [-0.15, -0.1) is 0 Å². The minimum absolute atomic E-state index is 0.0587. The van der Waals surface area contributed by atoms with Crippen molar-refractivity contribution in [3.8, 4) is 0 Å². The first kappa shape index (κ1) is 13.6. The van der Waals surface area contributed by atoms with E-state index in [2.05, 4.69) is 9.72 Å². The van der Waals surface area contributed by atoms with Gasteiger partial charge in [-0.25, -0.2) is 9.78 Å². The number of anilines is 1. The number of carbonyl (C=O) groups is 2. The molecule has 1 saturated heterocycles. The second-order valence-electron chi connectivity index (χ2n) is 4.20. The van der Waals surface area contributed by atoms with E-state index in [4.69, 9.17) is 11.6 Å². The van der Waals surface area contributed by atoms with Gasteiger partial charge in [-0.05, 0) is 12.1 Å². The number of ether oxygens (including phenoxy) is 1. The van der Waals surface area contributed by atoms with E-state index in [0.29, 0.717) is 12.2 Å². The number of likely N-dealkylation sites (N-methyl/N-ethyl adjacent to an activating group) is 1. The Kier molecular flexibility index (Phi) is 3.90. The molecule has 1 aliphatic heterocycles. The Morgan fingerprint density at radius 2 is 2.32 bits per heavy atom. The molecule has 19 heavy (non-hydrogen) atoms. The molecule has 2 heterocycles. The molecule has 1 amide bonds. The molecule has 0 saturated carbocycles. The van der Waals surface area contributed by atoms with Crippen LogP contribution in [0.15, 0.2) is 18.3 Å². The number of aromatic nitrogens is 1. The van der Waals surface area contributed by atoms with Crippen molar-refractivity contribution < 1.29 is 14.3 Å². The highest BCUT2D eigenvalue weighted by Gasteiger charge is 2.31. The maximum atomic E-state index is 11.8. The summed E-state index contributed by atoms with van der Waals surface area (Å²) < 4.78 is 4.68. The van der Waals surface area contributed by atoms with Crippen LogP contribution in [0.25, 0.3) is 0 Å². The van der Waals surface area contributed by atoms with E-state index in [-0.39, 0.29) is 18.1 Å². The summed E-state index contributed by atoms with van der Waals surface area (Å²) in [7, 11) is 2.98. The van der Waals surface area contributed by atoms with E-state index in [0.717, 1.165) is 0 Å². The Morgan fingerprint density at radius 3 is 3.00 bits per heavy atom. The smallest absolute Gasteiger partial charge is 0.358 e. The summed E-state index contributed by atoms with van der Waals surface area (Å²) in [5.41, 5.74) is 0.263. The first-order chi connectivity index (χ1) is 9.04. The number of nitrogens with zero attached hydrogens (tertiary/aromatic N) is 3. The van der Waals surface area contributed by atoms with Gasteiger partial charge in [0.05, 0.1) is 25.9 Å². The van der Waals surface area contributed by atoms with E-state index < -0.39 is 11.5 Å². The molecule has 1 aromatic heterocycles. The molecule has 1 aromatic rings. The van der Waals surface area contributed by atoms with Crippen molar-refractivity contribution in [2.24, 2.45) is 0 Å². The summed E-state index contributed by atoms with van der Waals surface area (Å²) in [6, 6.07) is 3.39. The molecule has 0 radical (unpaired) electrons. The van der Waals surface area contributed by atoms with Crippen LogP contribution in [0.2, 0.25) is 0 Å². The zero-order valence-corrected chi connectivity index (χ0v) is 11.4.